The van der Waals surface area contributed by atoms with E-state index in [9.17, 15) is 18.4 Å². The van der Waals surface area contributed by atoms with Crippen LogP contribution in [0, 0.1) is 18.6 Å². The van der Waals surface area contributed by atoms with Crippen molar-refractivity contribution >= 4 is 33.3 Å². The van der Waals surface area contributed by atoms with Crippen molar-refractivity contribution in [3.05, 3.63) is 75.7 Å². The molecule has 0 aliphatic rings. The number of hydrogen-bond donors (Lipinski definition) is 1. The molecule has 6 nitrogen and oxygen atoms in total. The third-order valence-corrected chi connectivity index (χ3v) is 5.35. The minimum absolute atomic E-state index is 0.0239. The Hall–Kier alpha value is -3.46. The predicted molar refractivity (Wildman–Crippen MR) is 111 cm³/mol. The standard InChI is InChI=1S/C21H16F2N4O2S/c1-12-3-2-4-14-19(12)24-11-27(20(14)29)8-7-18(28)26-21-25-17(10-30-21)15-9-13(22)5-6-16(15)23/h2-6,9-11H,7-8H2,1H3,(H,25,26,28). The summed E-state index contributed by atoms with van der Waals surface area (Å²) in [5.74, 6) is -1.53. The van der Waals surface area contributed by atoms with Crippen molar-refractivity contribution in [3.63, 3.8) is 0 Å². The highest BCUT2D eigenvalue weighted by atomic mass is 32.1. The van der Waals surface area contributed by atoms with Crippen molar-refractivity contribution in [2.45, 2.75) is 19.9 Å². The zero-order chi connectivity index (χ0) is 21.3. The zero-order valence-electron chi connectivity index (χ0n) is 15.9. The Bertz CT molecular complexity index is 1320. The lowest BCUT2D eigenvalue weighted by Crippen LogP contribution is -2.23. The number of aryl methyl sites for hydroxylation is 2. The first-order chi connectivity index (χ1) is 14.4. The lowest BCUT2D eigenvalue weighted by atomic mass is 10.1. The van der Waals surface area contributed by atoms with Crippen LogP contribution < -0.4 is 10.9 Å². The highest BCUT2D eigenvalue weighted by Crippen LogP contribution is 2.27. The largest absolute Gasteiger partial charge is 0.302 e. The highest BCUT2D eigenvalue weighted by Gasteiger charge is 2.13. The van der Waals surface area contributed by atoms with E-state index < -0.39 is 11.6 Å². The number of para-hydroxylation sites is 1. The second-order valence-electron chi connectivity index (χ2n) is 6.67. The number of rotatable bonds is 5. The smallest absolute Gasteiger partial charge is 0.261 e. The van der Waals surface area contributed by atoms with Crippen LogP contribution in [-0.4, -0.2) is 20.4 Å². The summed E-state index contributed by atoms with van der Waals surface area (Å²) in [6.07, 6.45) is 1.46. The number of carbonyl (C=O) groups excluding carboxylic acids is 1. The van der Waals surface area contributed by atoms with Crippen LogP contribution >= 0.6 is 11.3 Å². The maximum absolute atomic E-state index is 13.9. The number of aromatic nitrogens is 3. The molecule has 0 saturated carbocycles. The highest BCUT2D eigenvalue weighted by molar-refractivity contribution is 7.14. The summed E-state index contributed by atoms with van der Waals surface area (Å²) in [5, 5.41) is 4.92. The lowest BCUT2D eigenvalue weighted by molar-refractivity contribution is -0.116. The van der Waals surface area contributed by atoms with E-state index in [1.165, 1.54) is 16.3 Å². The first-order valence-corrected chi connectivity index (χ1v) is 9.96. The summed E-state index contributed by atoms with van der Waals surface area (Å²) < 4.78 is 28.6. The average Bonchev–Trinajstić information content (AvgIpc) is 3.18. The van der Waals surface area contributed by atoms with Gasteiger partial charge in [0.25, 0.3) is 5.56 Å². The van der Waals surface area contributed by atoms with E-state index in [0.29, 0.717) is 10.9 Å². The Morgan fingerprint density at radius 2 is 2.07 bits per heavy atom. The first-order valence-electron chi connectivity index (χ1n) is 9.08. The van der Waals surface area contributed by atoms with Gasteiger partial charge in [0, 0.05) is 23.9 Å². The molecule has 0 atom stereocenters. The fraction of sp³-hybridized carbons (Fsp3) is 0.143. The zero-order valence-corrected chi connectivity index (χ0v) is 16.7. The van der Waals surface area contributed by atoms with E-state index >= 15 is 0 Å². The van der Waals surface area contributed by atoms with Crippen LogP contribution in [0.5, 0.6) is 0 Å². The number of anilines is 1. The molecule has 1 N–H and O–H groups in total. The number of benzene rings is 2. The van der Waals surface area contributed by atoms with Crippen LogP contribution in [0.1, 0.15) is 12.0 Å². The molecule has 0 saturated heterocycles. The van der Waals surface area contributed by atoms with Gasteiger partial charge in [-0.1, -0.05) is 12.1 Å². The quantitative estimate of drug-likeness (QED) is 0.521. The number of fused-ring (bicyclic) bond motifs is 1. The summed E-state index contributed by atoms with van der Waals surface area (Å²) in [6.45, 7) is 2.03. The molecule has 2 aromatic heterocycles. The molecule has 0 fully saturated rings. The third kappa shape index (κ3) is 3.97. The SMILES string of the molecule is Cc1cccc2c(=O)n(CCC(=O)Nc3nc(-c4cc(F)ccc4F)cs3)cnc12. The van der Waals surface area contributed by atoms with Crippen molar-refractivity contribution in [1.29, 1.82) is 0 Å². The lowest BCUT2D eigenvalue weighted by Gasteiger charge is -2.07. The minimum Gasteiger partial charge on any atom is -0.302 e. The average molecular weight is 426 g/mol. The van der Waals surface area contributed by atoms with Gasteiger partial charge in [0.15, 0.2) is 5.13 Å². The van der Waals surface area contributed by atoms with Crippen LogP contribution in [0.25, 0.3) is 22.2 Å². The number of hydrogen-bond acceptors (Lipinski definition) is 5. The van der Waals surface area contributed by atoms with E-state index in [0.717, 1.165) is 35.1 Å². The summed E-state index contributed by atoms with van der Waals surface area (Å²) in [6, 6.07) is 8.48. The van der Waals surface area contributed by atoms with E-state index in [4.69, 9.17) is 0 Å². The van der Waals surface area contributed by atoms with Gasteiger partial charge in [-0.05, 0) is 36.8 Å². The van der Waals surface area contributed by atoms with Crippen LogP contribution in [0.2, 0.25) is 0 Å². The predicted octanol–water partition coefficient (Wildman–Crippen LogP) is 4.14. The normalized spacial score (nSPS) is 11.0. The fourth-order valence-corrected chi connectivity index (χ4v) is 3.78. The molecule has 0 bridgehead atoms. The Kier molecular flexibility index (Phi) is 5.37. The van der Waals surface area contributed by atoms with Gasteiger partial charge in [0.2, 0.25) is 5.91 Å². The maximum Gasteiger partial charge on any atom is 0.261 e. The molecule has 4 rings (SSSR count). The molecule has 0 unspecified atom stereocenters. The van der Waals surface area contributed by atoms with Gasteiger partial charge in [-0.3, -0.25) is 14.2 Å². The molecular formula is C21H16F2N4O2S. The molecule has 0 radical (unpaired) electrons. The van der Waals surface area contributed by atoms with Crippen LogP contribution in [0.4, 0.5) is 13.9 Å². The maximum atomic E-state index is 13.9. The van der Waals surface area contributed by atoms with Gasteiger partial charge in [0.05, 0.1) is 22.9 Å². The van der Waals surface area contributed by atoms with Crippen molar-refractivity contribution < 1.29 is 13.6 Å². The first kappa shape index (κ1) is 19.8. The van der Waals surface area contributed by atoms with Gasteiger partial charge in [-0.15, -0.1) is 11.3 Å². The molecule has 2 heterocycles. The van der Waals surface area contributed by atoms with Gasteiger partial charge >= 0.3 is 0 Å². The Balaban J connectivity index is 1.44. The number of amides is 1. The molecule has 30 heavy (non-hydrogen) atoms. The van der Waals surface area contributed by atoms with E-state index in [1.807, 2.05) is 13.0 Å². The number of thiazole rings is 1. The second kappa shape index (κ2) is 8.11. The Labute approximate surface area is 173 Å². The monoisotopic (exact) mass is 426 g/mol. The number of nitrogens with zero attached hydrogens (tertiary/aromatic N) is 3. The molecule has 0 spiro atoms. The molecule has 1 amide bonds. The minimum atomic E-state index is -0.599. The van der Waals surface area contributed by atoms with E-state index in [2.05, 4.69) is 15.3 Å². The number of carbonyl (C=O) groups is 1. The third-order valence-electron chi connectivity index (χ3n) is 4.59. The summed E-state index contributed by atoms with van der Waals surface area (Å²) in [4.78, 5) is 33.3. The van der Waals surface area contributed by atoms with Crippen molar-refractivity contribution in [2.24, 2.45) is 0 Å². The molecule has 4 aromatic rings. The van der Waals surface area contributed by atoms with Gasteiger partial charge in [0.1, 0.15) is 11.6 Å². The fourth-order valence-electron chi connectivity index (χ4n) is 3.05. The Morgan fingerprint density at radius 1 is 1.23 bits per heavy atom. The van der Waals surface area contributed by atoms with Crippen molar-refractivity contribution in [2.75, 3.05) is 5.32 Å². The van der Waals surface area contributed by atoms with Crippen molar-refractivity contribution in [1.82, 2.24) is 14.5 Å². The number of nitrogens with one attached hydrogen (secondary N) is 1. The molecule has 2 aromatic carbocycles. The van der Waals surface area contributed by atoms with Gasteiger partial charge < -0.3 is 5.32 Å². The van der Waals surface area contributed by atoms with Gasteiger partial charge in [-0.25, -0.2) is 18.7 Å². The molecule has 0 aliphatic heterocycles. The molecule has 152 valence electrons. The van der Waals surface area contributed by atoms with E-state index in [1.54, 1.807) is 12.1 Å². The molecule has 0 aliphatic carbocycles. The summed E-state index contributed by atoms with van der Waals surface area (Å²) in [7, 11) is 0. The Morgan fingerprint density at radius 3 is 2.90 bits per heavy atom. The van der Waals surface area contributed by atoms with Crippen LogP contribution in [-0.2, 0) is 11.3 Å². The number of halogens is 2. The molecular weight excluding hydrogens is 410 g/mol. The van der Waals surface area contributed by atoms with Crippen molar-refractivity contribution in [3.8, 4) is 11.3 Å². The topological polar surface area (TPSA) is 76.9 Å². The van der Waals surface area contributed by atoms with Crippen LogP contribution in [0.15, 0.2) is 52.9 Å². The van der Waals surface area contributed by atoms with E-state index in [-0.39, 0.29) is 40.8 Å². The van der Waals surface area contributed by atoms with Gasteiger partial charge in [-0.2, -0.15) is 0 Å². The molecule has 9 heteroatoms. The summed E-state index contributed by atoms with van der Waals surface area (Å²) >= 11 is 1.10. The second-order valence-corrected chi connectivity index (χ2v) is 7.53. The summed E-state index contributed by atoms with van der Waals surface area (Å²) in [5.41, 5.74) is 1.59. The van der Waals surface area contributed by atoms with Crippen LogP contribution in [0.3, 0.4) is 0 Å².